The molecule has 136 valence electrons. The third-order valence-corrected chi connectivity index (χ3v) is 4.89. The molecule has 0 radical (unpaired) electrons. The molecule has 5 nitrogen and oxygen atoms in total. The summed E-state index contributed by atoms with van der Waals surface area (Å²) in [7, 11) is 0. The average molecular weight is 381 g/mol. The number of nitrogens with zero attached hydrogens (tertiary/aromatic N) is 2. The van der Waals surface area contributed by atoms with Crippen LogP contribution in [0.4, 0.5) is 5.69 Å². The zero-order valence-corrected chi connectivity index (χ0v) is 15.2. The first-order valence-electron chi connectivity index (χ1n) is 8.56. The maximum absolute atomic E-state index is 12.9. The van der Waals surface area contributed by atoms with E-state index in [1.807, 2.05) is 34.9 Å². The highest BCUT2D eigenvalue weighted by molar-refractivity contribution is 6.30. The largest absolute Gasteiger partial charge is 0.484 e. The summed E-state index contributed by atoms with van der Waals surface area (Å²) < 4.78 is 7.58. The van der Waals surface area contributed by atoms with Gasteiger partial charge in [0.1, 0.15) is 5.75 Å². The van der Waals surface area contributed by atoms with Gasteiger partial charge in [-0.3, -0.25) is 9.59 Å². The molecule has 3 aromatic rings. The molecule has 1 amide bonds. The van der Waals surface area contributed by atoms with Gasteiger partial charge in [-0.05, 0) is 48.0 Å². The van der Waals surface area contributed by atoms with Crippen molar-refractivity contribution in [1.82, 2.24) is 4.57 Å². The summed E-state index contributed by atoms with van der Waals surface area (Å²) in [6.45, 7) is 0.847. The highest BCUT2D eigenvalue weighted by Crippen LogP contribution is 2.29. The van der Waals surface area contributed by atoms with Gasteiger partial charge in [-0.1, -0.05) is 29.8 Å². The van der Waals surface area contributed by atoms with Crippen molar-refractivity contribution in [3.63, 3.8) is 0 Å². The van der Waals surface area contributed by atoms with Gasteiger partial charge in [0.15, 0.2) is 12.9 Å². The van der Waals surface area contributed by atoms with Gasteiger partial charge in [-0.2, -0.15) is 0 Å². The van der Waals surface area contributed by atoms with E-state index in [1.165, 1.54) is 0 Å². The first kappa shape index (κ1) is 17.4. The monoisotopic (exact) mass is 380 g/mol. The van der Waals surface area contributed by atoms with Crippen LogP contribution in [0.3, 0.4) is 0 Å². The highest BCUT2D eigenvalue weighted by atomic mass is 35.5. The van der Waals surface area contributed by atoms with Crippen molar-refractivity contribution < 1.29 is 14.3 Å². The molecule has 0 spiro atoms. The molecule has 2 aromatic carbocycles. The van der Waals surface area contributed by atoms with Gasteiger partial charge in [-0.25, -0.2) is 0 Å². The molecule has 0 aliphatic carbocycles. The van der Waals surface area contributed by atoms with Gasteiger partial charge < -0.3 is 14.2 Å². The predicted octanol–water partition coefficient (Wildman–Crippen LogP) is 3.93. The third kappa shape index (κ3) is 3.46. The summed E-state index contributed by atoms with van der Waals surface area (Å²) in [4.78, 5) is 26.0. The Morgan fingerprint density at radius 2 is 1.81 bits per heavy atom. The zero-order chi connectivity index (χ0) is 18.8. The van der Waals surface area contributed by atoms with Gasteiger partial charge in [0.25, 0.3) is 5.91 Å². The lowest BCUT2D eigenvalue weighted by Gasteiger charge is -2.22. The van der Waals surface area contributed by atoms with Gasteiger partial charge in [-0.15, -0.1) is 0 Å². The molecule has 1 aromatic heterocycles. The lowest BCUT2D eigenvalue weighted by atomic mass is 10.1. The smallest absolute Gasteiger partial charge is 0.265 e. The van der Waals surface area contributed by atoms with E-state index < -0.39 is 0 Å². The zero-order valence-electron chi connectivity index (χ0n) is 14.5. The number of hydrogen-bond donors (Lipinski definition) is 0. The molecule has 27 heavy (non-hydrogen) atoms. The SMILES string of the molecule is O=Cc1ccc2n1Cc1ccccc1N(C(=O)COc1ccc(Cl)cc1)C2. The minimum absolute atomic E-state index is 0.0861. The Morgan fingerprint density at radius 3 is 2.59 bits per heavy atom. The Hall–Kier alpha value is -3.05. The molecular formula is C21H17ClN2O3. The maximum Gasteiger partial charge on any atom is 0.265 e. The summed E-state index contributed by atoms with van der Waals surface area (Å²) in [5.74, 6) is 0.433. The van der Waals surface area contributed by atoms with E-state index in [4.69, 9.17) is 16.3 Å². The second-order valence-electron chi connectivity index (χ2n) is 6.30. The van der Waals surface area contributed by atoms with Crippen molar-refractivity contribution in [1.29, 1.82) is 0 Å². The van der Waals surface area contributed by atoms with Crippen molar-refractivity contribution in [2.24, 2.45) is 0 Å². The van der Waals surface area contributed by atoms with Crippen LogP contribution in [0, 0.1) is 0 Å². The minimum atomic E-state index is -0.153. The van der Waals surface area contributed by atoms with Crippen molar-refractivity contribution >= 4 is 29.5 Å². The number of carbonyl (C=O) groups excluding carboxylic acids is 2. The highest BCUT2D eigenvalue weighted by Gasteiger charge is 2.25. The number of anilines is 1. The van der Waals surface area contributed by atoms with Crippen LogP contribution in [-0.4, -0.2) is 23.4 Å². The molecule has 1 aliphatic rings. The Bertz CT molecular complexity index is 995. The van der Waals surface area contributed by atoms with Crippen molar-refractivity contribution in [3.8, 4) is 5.75 Å². The number of hydrogen-bond acceptors (Lipinski definition) is 3. The Labute approximate surface area is 161 Å². The van der Waals surface area contributed by atoms with Crippen LogP contribution in [0.1, 0.15) is 21.7 Å². The number of para-hydroxylation sites is 1. The minimum Gasteiger partial charge on any atom is -0.484 e. The molecule has 0 saturated heterocycles. The number of rotatable bonds is 4. The number of benzene rings is 2. The fourth-order valence-corrected chi connectivity index (χ4v) is 3.39. The molecule has 0 fully saturated rings. The second-order valence-corrected chi connectivity index (χ2v) is 6.74. The molecule has 0 atom stereocenters. The molecule has 1 aliphatic heterocycles. The number of carbonyl (C=O) groups is 2. The standard InChI is InChI=1S/C21H17ClN2O3/c22-16-5-9-19(10-6-16)27-14-21(26)24-12-17-7-8-18(13-25)23(17)11-15-3-1-2-4-20(15)24/h1-10,13H,11-12,14H2. The molecule has 0 saturated carbocycles. The Balaban J connectivity index is 1.61. The van der Waals surface area contributed by atoms with Crippen LogP contribution < -0.4 is 9.64 Å². The number of aromatic nitrogens is 1. The van der Waals surface area contributed by atoms with Crippen LogP contribution in [0.2, 0.25) is 5.02 Å². The third-order valence-electron chi connectivity index (χ3n) is 4.63. The molecule has 0 bridgehead atoms. The number of halogens is 1. The van der Waals surface area contributed by atoms with E-state index in [0.29, 0.717) is 29.6 Å². The number of amides is 1. The summed E-state index contributed by atoms with van der Waals surface area (Å²) in [5.41, 5.74) is 3.33. The quantitative estimate of drug-likeness (QED) is 0.644. The van der Waals surface area contributed by atoms with Crippen molar-refractivity contribution in [2.75, 3.05) is 11.5 Å². The second kappa shape index (κ2) is 7.29. The summed E-state index contributed by atoms with van der Waals surface area (Å²) in [6.07, 6.45) is 0.841. The molecule has 0 N–H and O–H groups in total. The number of fused-ring (bicyclic) bond motifs is 2. The average Bonchev–Trinajstić information content (AvgIpc) is 2.99. The van der Waals surface area contributed by atoms with E-state index in [0.717, 1.165) is 23.2 Å². The van der Waals surface area contributed by atoms with Crippen molar-refractivity contribution in [3.05, 3.63) is 82.6 Å². The van der Waals surface area contributed by atoms with Gasteiger partial charge in [0.05, 0.1) is 18.8 Å². The molecule has 4 rings (SSSR count). The van der Waals surface area contributed by atoms with Crippen LogP contribution in [0.15, 0.2) is 60.7 Å². The molecule has 6 heteroatoms. The van der Waals surface area contributed by atoms with Gasteiger partial charge >= 0.3 is 0 Å². The molecule has 0 unspecified atom stereocenters. The fraction of sp³-hybridized carbons (Fsp3) is 0.143. The molecular weight excluding hydrogens is 364 g/mol. The van der Waals surface area contributed by atoms with Crippen molar-refractivity contribution in [2.45, 2.75) is 13.1 Å². The lowest BCUT2D eigenvalue weighted by Crippen LogP contribution is -2.34. The first-order valence-corrected chi connectivity index (χ1v) is 8.94. The topological polar surface area (TPSA) is 51.5 Å². The molecule has 2 heterocycles. The van der Waals surface area contributed by atoms with E-state index in [2.05, 4.69) is 0 Å². The Morgan fingerprint density at radius 1 is 1.04 bits per heavy atom. The number of ether oxygens (including phenoxy) is 1. The van der Waals surface area contributed by atoms with E-state index >= 15 is 0 Å². The maximum atomic E-state index is 12.9. The fourth-order valence-electron chi connectivity index (χ4n) is 3.26. The Kier molecular flexibility index (Phi) is 4.69. The van der Waals surface area contributed by atoms with Crippen LogP contribution in [0.5, 0.6) is 5.75 Å². The van der Waals surface area contributed by atoms with Crippen LogP contribution >= 0.6 is 11.6 Å². The van der Waals surface area contributed by atoms with Gasteiger partial charge in [0, 0.05) is 16.4 Å². The van der Waals surface area contributed by atoms with E-state index in [-0.39, 0.29) is 12.5 Å². The summed E-state index contributed by atoms with van der Waals surface area (Å²) in [6, 6.07) is 18.3. The summed E-state index contributed by atoms with van der Waals surface area (Å²) in [5, 5.41) is 0.613. The summed E-state index contributed by atoms with van der Waals surface area (Å²) >= 11 is 5.87. The van der Waals surface area contributed by atoms with Crippen LogP contribution in [0.25, 0.3) is 0 Å². The first-order chi connectivity index (χ1) is 13.2. The predicted molar refractivity (Wildman–Crippen MR) is 104 cm³/mol. The van der Waals surface area contributed by atoms with Crippen LogP contribution in [-0.2, 0) is 17.9 Å². The normalized spacial score (nSPS) is 12.7. The number of aldehydes is 1. The van der Waals surface area contributed by atoms with Gasteiger partial charge in [0.2, 0.25) is 0 Å². The van der Waals surface area contributed by atoms with E-state index in [1.54, 1.807) is 35.2 Å². The van der Waals surface area contributed by atoms with E-state index in [9.17, 15) is 9.59 Å². The lowest BCUT2D eigenvalue weighted by molar-refractivity contribution is -0.120.